The first kappa shape index (κ1) is 18.2. The third kappa shape index (κ3) is 6.16. The Morgan fingerprint density at radius 3 is 2.21 bits per heavy atom. The summed E-state index contributed by atoms with van der Waals surface area (Å²) in [6, 6.07) is 15.3. The number of carbonyl (C=O) groups excluding carboxylic acids is 2. The first-order chi connectivity index (χ1) is 11.5. The number of amides is 2. The van der Waals surface area contributed by atoms with E-state index in [2.05, 4.69) is 26.6 Å². The standard InChI is InChI=1S/C19H21BrN2O2/c1-14-2-4-15(5-3-14)6-11-18(23)21-12-13-22-19(24)16-7-9-17(20)10-8-16/h2-5,7-10H,6,11-13H2,1H3,(H,21,23)(H,22,24). The lowest BCUT2D eigenvalue weighted by Gasteiger charge is -2.07. The van der Waals surface area contributed by atoms with Crippen molar-refractivity contribution in [2.24, 2.45) is 0 Å². The summed E-state index contributed by atoms with van der Waals surface area (Å²) in [6.45, 7) is 2.87. The van der Waals surface area contributed by atoms with Crippen molar-refractivity contribution in [1.29, 1.82) is 0 Å². The number of hydrogen-bond donors (Lipinski definition) is 2. The van der Waals surface area contributed by atoms with Gasteiger partial charge in [-0.3, -0.25) is 9.59 Å². The summed E-state index contributed by atoms with van der Waals surface area (Å²) >= 11 is 3.33. The van der Waals surface area contributed by atoms with Crippen molar-refractivity contribution in [3.63, 3.8) is 0 Å². The Balaban J connectivity index is 1.63. The van der Waals surface area contributed by atoms with Crippen LogP contribution < -0.4 is 10.6 Å². The van der Waals surface area contributed by atoms with Crippen LogP contribution in [0, 0.1) is 6.92 Å². The van der Waals surface area contributed by atoms with Gasteiger partial charge in [-0.1, -0.05) is 45.8 Å². The highest BCUT2D eigenvalue weighted by atomic mass is 79.9. The molecule has 126 valence electrons. The van der Waals surface area contributed by atoms with E-state index in [0.29, 0.717) is 25.1 Å². The summed E-state index contributed by atoms with van der Waals surface area (Å²) < 4.78 is 0.930. The lowest BCUT2D eigenvalue weighted by molar-refractivity contribution is -0.121. The van der Waals surface area contributed by atoms with E-state index >= 15 is 0 Å². The maximum absolute atomic E-state index is 11.9. The number of halogens is 1. The van der Waals surface area contributed by atoms with Crippen LogP contribution in [-0.2, 0) is 11.2 Å². The van der Waals surface area contributed by atoms with Crippen LogP contribution >= 0.6 is 15.9 Å². The third-order valence-electron chi connectivity index (χ3n) is 3.60. The summed E-state index contributed by atoms with van der Waals surface area (Å²) in [5.74, 6) is -0.148. The molecular weight excluding hydrogens is 368 g/mol. The van der Waals surface area contributed by atoms with Gasteiger partial charge in [-0.15, -0.1) is 0 Å². The molecule has 0 heterocycles. The van der Waals surface area contributed by atoms with Gasteiger partial charge in [0.25, 0.3) is 5.91 Å². The molecule has 0 aliphatic carbocycles. The average molecular weight is 389 g/mol. The van der Waals surface area contributed by atoms with Gasteiger partial charge in [-0.25, -0.2) is 0 Å². The van der Waals surface area contributed by atoms with E-state index < -0.39 is 0 Å². The van der Waals surface area contributed by atoms with E-state index in [9.17, 15) is 9.59 Å². The summed E-state index contributed by atoms with van der Waals surface area (Å²) in [7, 11) is 0. The first-order valence-corrected chi connectivity index (χ1v) is 8.70. The zero-order chi connectivity index (χ0) is 17.4. The molecular formula is C19H21BrN2O2. The lowest BCUT2D eigenvalue weighted by atomic mass is 10.1. The molecule has 2 amide bonds. The van der Waals surface area contributed by atoms with Crippen LogP contribution in [-0.4, -0.2) is 24.9 Å². The minimum atomic E-state index is -0.142. The molecule has 0 unspecified atom stereocenters. The molecule has 2 aromatic rings. The molecule has 0 aliphatic rings. The zero-order valence-corrected chi connectivity index (χ0v) is 15.2. The largest absolute Gasteiger partial charge is 0.354 e. The fraction of sp³-hybridized carbons (Fsp3) is 0.263. The second kappa shape index (κ2) is 9.23. The second-order valence-corrected chi connectivity index (χ2v) is 6.51. The van der Waals surface area contributed by atoms with Crippen LogP contribution in [0.15, 0.2) is 53.0 Å². The van der Waals surface area contributed by atoms with E-state index in [4.69, 9.17) is 0 Å². The molecule has 24 heavy (non-hydrogen) atoms. The number of carbonyl (C=O) groups is 2. The summed E-state index contributed by atoms with van der Waals surface area (Å²) in [5.41, 5.74) is 2.97. The molecule has 5 heteroatoms. The fourth-order valence-corrected chi connectivity index (χ4v) is 2.45. The minimum absolute atomic E-state index is 0.00605. The van der Waals surface area contributed by atoms with Gasteiger partial charge in [0.05, 0.1) is 0 Å². The van der Waals surface area contributed by atoms with Gasteiger partial charge in [-0.2, -0.15) is 0 Å². The first-order valence-electron chi connectivity index (χ1n) is 7.90. The van der Waals surface area contributed by atoms with Crippen molar-refractivity contribution in [3.8, 4) is 0 Å². The summed E-state index contributed by atoms with van der Waals surface area (Å²) in [5, 5.41) is 5.60. The maximum atomic E-state index is 11.9. The molecule has 0 fully saturated rings. The molecule has 0 bridgehead atoms. The normalized spacial score (nSPS) is 10.2. The molecule has 0 radical (unpaired) electrons. The Morgan fingerprint density at radius 1 is 0.917 bits per heavy atom. The van der Waals surface area contributed by atoms with Crippen molar-refractivity contribution in [2.45, 2.75) is 19.8 Å². The van der Waals surface area contributed by atoms with E-state index in [1.807, 2.05) is 43.3 Å². The predicted octanol–water partition coefficient (Wildman–Crippen LogP) is 3.24. The molecule has 0 saturated carbocycles. The zero-order valence-electron chi connectivity index (χ0n) is 13.6. The lowest BCUT2D eigenvalue weighted by Crippen LogP contribution is -2.34. The topological polar surface area (TPSA) is 58.2 Å². The third-order valence-corrected chi connectivity index (χ3v) is 4.13. The molecule has 0 spiro atoms. The van der Waals surface area contributed by atoms with E-state index in [0.717, 1.165) is 16.5 Å². The Kier molecular flexibility index (Phi) is 7.00. The van der Waals surface area contributed by atoms with Gasteiger partial charge in [-0.05, 0) is 43.2 Å². The SMILES string of the molecule is Cc1ccc(CCC(=O)NCCNC(=O)c2ccc(Br)cc2)cc1. The number of aryl methyl sites for hydroxylation is 2. The van der Waals surface area contributed by atoms with Crippen molar-refractivity contribution in [1.82, 2.24) is 10.6 Å². The Labute approximate surface area is 150 Å². The van der Waals surface area contributed by atoms with Gasteiger partial charge < -0.3 is 10.6 Å². The van der Waals surface area contributed by atoms with Crippen LogP contribution in [0.2, 0.25) is 0 Å². The van der Waals surface area contributed by atoms with Crippen molar-refractivity contribution < 1.29 is 9.59 Å². The number of hydrogen-bond acceptors (Lipinski definition) is 2. The molecule has 0 saturated heterocycles. The highest BCUT2D eigenvalue weighted by Crippen LogP contribution is 2.10. The quantitative estimate of drug-likeness (QED) is 0.715. The smallest absolute Gasteiger partial charge is 0.251 e. The predicted molar refractivity (Wildman–Crippen MR) is 99.0 cm³/mol. The van der Waals surface area contributed by atoms with Gasteiger partial charge in [0.1, 0.15) is 0 Å². The fourth-order valence-electron chi connectivity index (χ4n) is 2.18. The Morgan fingerprint density at radius 2 is 1.54 bits per heavy atom. The van der Waals surface area contributed by atoms with Crippen LogP contribution in [0.5, 0.6) is 0 Å². The van der Waals surface area contributed by atoms with Crippen molar-refractivity contribution in [2.75, 3.05) is 13.1 Å². The van der Waals surface area contributed by atoms with Crippen molar-refractivity contribution >= 4 is 27.7 Å². The summed E-state index contributed by atoms with van der Waals surface area (Å²) in [4.78, 5) is 23.7. The van der Waals surface area contributed by atoms with E-state index in [-0.39, 0.29) is 11.8 Å². The molecule has 0 aliphatic heterocycles. The summed E-state index contributed by atoms with van der Waals surface area (Å²) in [6.07, 6.45) is 1.17. The number of benzene rings is 2. The maximum Gasteiger partial charge on any atom is 0.251 e. The molecule has 2 aromatic carbocycles. The molecule has 0 atom stereocenters. The molecule has 0 aromatic heterocycles. The number of nitrogens with one attached hydrogen (secondary N) is 2. The molecule has 2 N–H and O–H groups in total. The Bertz CT molecular complexity index is 682. The minimum Gasteiger partial charge on any atom is -0.354 e. The molecule has 4 nitrogen and oxygen atoms in total. The van der Waals surface area contributed by atoms with Crippen LogP contribution in [0.1, 0.15) is 27.9 Å². The van der Waals surface area contributed by atoms with Crippen LogP contribution in [0.4, 0.5) is 0 Å². The van der Waals surface area contributed by atoms with Crippen molar-refractivity contribution in [3.05, 3.63) is 69.7 Å². The second-order valence-electron chi connectivity index (χ2n) is 5.60. The van der Waals surface area contributed by atoms with Gasteiger partial charge >= 0.3 is 0 Å². The monoisotopic (exact) mass is 388 g/mol. The van der Waals surface area contributed by atoms with Crippen LogP contribution in [0.25, 0.3) is 0 Å². The molecule has 2 rings (SSSR count). The van der Waals surface area contributed by atoms with Gasteiger partial charge in [0.2, 0.25) is 5.91 Å². The van der Waals surface area contributed by atoms with E-state index in [1.54, 1.807) is 12.1 Å². The van der Waals surface area contributed by atoms with E-state index in [1.165, 1.54) is 5.56 Å². The number of rotatable bonds is 7. The van der Waals surface area contributed by atoms with Gasteiger partial charge in [0.15, 0.2) is 0 Å². The highest BCUT2D eigenvalue weighted by molar-refractivity contribution is 9.10. The highest BCUT2D eigenvalue weighted by Gasteiger charge is 2.05. The average Bonchev–Trinajstić information content (AvgIpc) is 2.58. The van der Waals surface area contributed by atoms with Crippen LogP contribution in [0.3, 0.4) is 0 Å². The van der Waals surface area contributed by atoms with Gasteiger partial charge in [0, 0.05) is 29.5 Å². The Hall–Kier alpha value is -2.14.